The number of hydrogen-bond donors (Lipinski definition) is 2. The fourth-order valence-corrected chi connectivity index (χ4v) is 3.26. The first kappa shape index (κ1) is 17.2. The molecule has 0 aromatic heterocycles. The number of hydrogen-bond acceptors (Lipinski definition) is 3. The lowest BCUT2D eigenvalue weighted by Gasteiger charge is -2.19. The summed E-state index contributed by atoms with van der Waals surface area (Å²) in [5.41, 5.74) is 2.61. The van der Waals surface area contributed by atoms with E-state index in [1.807, 2.05) is 48.5 Å². The van der Waals surface area contributed by atoms with Gasteiger partial charge in [0.2, 0.25) is 0 Å². The lowest BCUT2D eigenvalue weighted by Crippen LogP contribution is -2.35. The van der Waals surface area contributed by atoms with Gasteiger partial charge in [-0.25, -0.2) is 13.8 Å². The second kappa shape index (κ2) is 7.58. The molecule has 0 spiro atoms. The second-order valence-electron chi connectivity index (χ2n) is 6.46. The topological polar surface area (TPSA) is 36.4 Å². The van der Waals surface area contributed by atoms with Gasteiger partial charge in [-0.3, -0.25) is 0 Å². The number of nitrogens with one attached hydrogen (secondary N) is 2. The Kier molecular flexibility index (Phi) is 4.83. The van der Waals surface area contributed by atoms with E-state index in [0.717, 1.165) is 17.2 Å². The minimum Gasteiger partial charge on any atom is -0.352 e. The van der Waals surface area contributed by atoms with Gasteiger partial charge in [0.05, 0.1) is 6.04 Å². The monoisotopic (exact) mass is 363 g/mol. The maximum absolute atomic E-state index is 13.9. The zero-order chi connectivity index (χ0) is 18.6. The van der Waals surface area contributed by atoms with E-state index in [1.54, 1.807) is 0 Å². The molecule has 2 atom stereocenters. The normalized spacial score (nSPS) is 18.7. The van der Waals surface area contributed by atoms with Gasteiger partial charge < -0.3 is 10.6 Å². The molecule has 0 radical (unpaired) electrons. The molecule has 0 saturated carbocycles. The average Bonchev–Trinajstić information content (AvgIpc) is 3.13. The van der Waals surface area contributed by atoms with Crippen molar-refractivity contribution in [2.75, 3.05) is 0 Å². The Bertz CT molecular complexity index is 942. The maximum Gasteiger partial charge on any atom is 0.192 e. The van der Waals surface area contributed by atoms with Gasteiger partial charge in [0, 0.05) is 18.2 Å². The van der Waals surface area contributed by atoms with Crippen LogP contribution in [0.4, 0.5) is 8.78 Å². The number of nitrogens with zero attached hydrogens (tertiary/aromatic N) is 1. The molecule has 0 amide bonds. The van der Waals surface area contributed by atoms with Crippen LogP contribution in [-0.4, -0.2) is 5.96 Å². The van der Waals surface area contributed by atoms with E-state index in [2.05, 4.69) is 22.8 Å². The van der Waals surface area contributed by atoms with E-state index in [9.17, 15) is 8.78 Å². The summed E-state index contributed by atoms with van der Waals surface area (Å²) in [7, 11) is 0. The SMILES string of the molecule is Fc1ccc(CNC2=NC(c3ccccc3)C(c3ccccc3)N2)c(F)c1. The Labute approximate surface area is 156 Å². The van der Waals surface area contributed by atoms with Crippen molar-refractivity contribution >= 4 is 5.96 Å². The molecule has 3 aromatic carbocycles. The Morgan fingerprint density at radius 3 is 2.19 bits per heavy atom. The van der Waals surface area contributed by atoms with Crippen LogP contribution in [0.5, 0.6) is 0 Å². The summed E-state index contributed by atoms with van der Waals surface area (Å²) < 4.78 is 26.9. The van der Waals surface area contributed by atoms with Crippen LogP contribution in [0.1, 0.15) is 28.8 Å². The summed E-state index contributed by atoms with van der Waals surface area (Å²) in [5.74, 6) is -0.553. The quantitative estimate of drug-likeness (QED) is 0.716. The van der Waals surface area contributed by atoms with Crippen LogP contribution in [0.25, 0.3) is 0 Å². The van der Waals surface area contributed by atoms with Gasteiger partial charge in [-0.1, -0.05) is 66.7 Å². The van der Waals surface area contributed by atoms with Crippen molar-refractivity contribution in [2.24, 2.45) is 4.99 Å². The Morgan fingerprint density at radius 1 is 0.852 bits per heavy atom. The van der Waals surface area contributed by atoms with Gasteiger partial charge >= 0.3 is 0 Å². The van der Waals surface area contributed by atoms with Crippen LogP contribution in [0.15, 0.2) is 83.9 Å². The van der Waals surface area contributed by atoms with Gasteiger partial charge in [0.15, 0.2) is 5.96 Å². The minimum atomic E-state index is -0.583. The third kappa shape index (κ3) is 3.82. The van der Waals surface area contributed by atoms with Crippen molar-refractivity contribution in [1.82, 2.24) is 10.6 Å². The summed E-state index contributed by atoms with van der Waals surface area (Å²) in [5, 5.41) is 6.53. The molecule has 0 saturated heterocycles. The predicted octanol–water partition coefficient (Wildman–Crippen LogP) is 4.50. The molecule has 1 aliphatic rings. The first-order chi connectivity index (χ1) is 13.2. The minimum absolute atomic E-state index is 0.0193. The van der Waals surface area contributed by atoms with Crippen molar-refractivity contribution in [3.05, 3.63) is 107 Å². The third-order valence-electron chi connectivity index (χ3n) is 4.64. The standard InChI is InChI=1S/C22H19F2N3/c23-18-12-11-17(19(24)13-18)14-25-22-26-20(15-7-3-1-4-8-15)21(27-22)16-9-5-2-6-10-16/h1-13,20-21H,14H2,(H2,25,26,27). The molecule has 1 aliphatic heterocycles. The molecule has 1 heterocycles. The largest absolute Gasteiger partial charge is 0.352 e. The molecule has 27 heavy (non-hydrogen) atoms. The summed E-state index contributed by atoms with van der Waals surface area (Å²) >= 11 is 0. The lowest BCUT2D eigenvalue weighted by atomic mass is 9.95. The molecule has 0 bridgehead atoms. The van der Waals surface area contributed by atoms with E-state index < -0.39 is 11.6 Å². The highest BCUT2D eigenvalue weighted by Crippen LogP contribution is 2.35. The first-order valence-corrected chi connectivity index (χ1v) is 8.83. The molecular weight excluding hydrogens is 344 g/mol. The van der Waals surface area contributed by atoms with Gasteiger partial charge in [-0.2, -0.15) is 0 Å². The lowest BCUT2D eigenvalue weighted by molar-refractivity contribution is 0.565. The second-order valence-corrected chi connectivity index (χ2v) is 6.46. The number of halogens is 2. The highest BCUT2D eigenvalue weighted by molar-refractivity contribution is 5.82. The molecule has 136 valence electrons. The number of guanidine groups is 1. The molecule has 4 rings (SSSR count). The van der Waals surface area contributed by atoms with Crippen molar-refractivity contribution in [3.63, 3.8) is 0 Å². The van der Waals surface area contributed by atoms with Gasteiger partial charge in [-0.05, 0) is 17.2 Å². The maximum atomic E-state index is 13.9. The van der Waals surface area contributed by atoms with Gasteiger partial charge in [-0.15, -0.1) is 0 Å². The van der Waals surface area contributed by atoms with E-state index in [-0.39, 0.29) is 18.6 Å². The van der Waals surface area contributed by atoms with Crippen molar-refractivity contribution in [1.29, 1.82) is 0 Å². The van der Waals surface area contributed by atoms with Gasteiger partial charge in [0.1, 0.15) is 17.7 Å². The molecule has 3 aromatic rings. The highest BCUT2D eigenvalue weighted by Gasteiger charge is 2.31. The summed E-state index contributed by atoms with van der Waals surface area (Å²) in [4.78, 5) is 4.78. The van der Waals surface area contributed by atoms with Crippen LogP contribution < -0.4 is 10.6 Å². The molecule has 5 heteroatoms. The summed E-state index contributed by atoms with van der Waals surface area (Å²) in [6.45, 7) is 0.223. The predicted molar refractivity (Wildman–Crippen MR) is 102 cm³/mol. The number of benzene rings is 3. The molecule has 2 unspecified atom stereocenters. The summed E-state index contributed by atoms with van der Waals surface area (Å²) in [6, 6.07) is 23.6. The molecule has 0 aliphatic carbocycles. The number of aliphatic imine (C=N–C) groups is 1. The zero-order valence-corrected chi connectivity index (χ0v) is 14.6. The van der Waals surface area contributed by atoms with Crippen LogP contribution in [0.3, 0.4) is 0 Å². The van der Waals surface area contributed by atoms with Crippen molar-refractivity contribution in [2.45, 2.75) is 18.6 Å². The zero-order valence-electron chi connectivity index (χ0n) is 14.6. The van der Waals surface area contributed by atoms with Crippen molar-refractivity contribution in [3.8, 4) is 0 Å². The van der Waals surface area contributed by atoms with E-state index >= 15 is 0 Å². The van der Waals surface area contributed by atoms with Crippen LogP contribution in [0, 0.1) is 11.6 Å². The highest BCUT2D eigenvalue weighted by atomic mass is 19.1. The summed E-state index contributed by atoms with van der Waals surface area (Å²) in [6.07, 6.45) is 0. The Balaban J connectivity index is 1.56. The van der Waals surface area contributed by atoms with E-state index in [0.29, 0.717) is 11.5 Å². The molecular formula is C22H19F2N3. The van der Waals surface area contributed by atoms with Crippen molar-refractivity contribution < 1.29 is 8.78 Å². The Hall–Kier alpha value is -3.21. The first-order valence-electron chi connectivity index (χ1n) is 8.83. The van der Waals surface area contributed by atoms with Crippen LogP contribution >= 0.6 is 0 Å². The van der Waals surface area contributed by atoms with Gasteiger partial charge in [0.25, 0.3) is 0 Å². The average molecular weight is 363 g/mol. The molecule has 2 N–H and O–H groups in total. The molecule has 0 fully saturated rings. The van der Waals surface area contributed by atoms with E-state index in [1.165, 1.54) is 12.1 Å². The van der Waals surface area contributed by atoms with Crippen LogP contribution in [0.2, 0.25) is 0 Å². The number of rotatable bonds is 4. The smallest absolute Gasteiger partial charge is 0.192 e. The van der Waals surface area contributed by atoms with E-state index in [4.69, 9.17) is 4.99 Å². The van der Waals surface area contributed by atoms with Crippen LogP contribution in [-0.2, 0) is 6.54 Å². The fraction of sp³-hybridized carbons (Fsp3) is 0.136. The third-order valence-corrected chi connectivity index (χ3v) is 4.64. The Morgan fingerprint density at radius 2 is 1.52 bits per heavy atom. The molecule has 3 nitrogen and oxygen atoms in total. The fourth-order valence-electron chi connectivity index (χ4n) is 3.26.